The van der Waals surface area contributed by atoms with E-state index in [1.807, 2.05) is 0 Å². The molecule has 1 atom stereocenters. The predicted molar refractivity (Wildman–Crippen MR) is 110 cm³/mol. The van der Waals surface area contributed by atoms with Gasteiger partial charge in [0.1, 0.15) is 17.3 Å². The minimum atomic E-state index is 0.234. The Balaban J connectivity index is 1.15. The third-order valence-corrected chi connectivity index (χ3v) is 8.54. The molecule has 29 heavy (non-hydrogen) atoms. The van der Waals surface area contributed by atoms with Crippen molar-refractivity contribution in [2.24, 2.45) is 5.41 Å². The molecule has 2 aromatic rings. The summed E-state index contributed by atoms with van der Waals surface area (Å²) in [4.78, 5) is 14.1. The molecule has 3 fully saturated rings. The third kappa shape index (κ3) is 2.96. The van der Waals surface area contributed by atoms with Crippen LogP contribution in [0.15, 0.2) is 6.33 Å². The zero-order valence-corrected chi connectivity index (χ0v) is 17.4. The molecule has 4 heterocycles. The number of fused-ring (bicyclic) bond motifs is 3. The van der Waals surface area contributed by atoms with Crippen molar-refractivity contribution in [1.82, 2.24) is 14.9 Å². The van der Waals surface area contributed by atoms with Gasteiger partial charge in [0.25, 0.3) is 0 Å². The van der Waals surface area contributed by atoms with E-state index < -0.39 is 0 Å². The Bertz CT molecular complexity index is 963. The summed E-state index contributed by atoms with van der Waals surface area (Å²) in [6.07, 6.45) is 9.13. The Labute approximate surface area is 174 Å². The van der Waals surface area contributed by atoms with Gasteiger partial charge in [-0.1, -0.05) is 0 Å². The van der Waals surface area contributed by atoms with Crippen LogP contribution in [0.4, 0.5) is 0 Å². The Morgan fingerprint density at radius 3 is 2.76 bits per heavy atom. The maximum Gasteiger partial charge on any atom is 0.225 e. The van der Waals surface area contributed by atoms with Gasteiger partial charge in [-0.3, -0.25) is 4.90 Å². The van der Waals surface area contributed by atoms with E-state index in [-0.39, 0.29) is 6.10 Å². The molecule has 7 heteroatoms. The average molecular weight is 411 g/mol. The normalized spacial score (nSPS) is 30.5. The highest BCUT2D eigenvalue weighted by molar-refractivity contribution is 7.19. The molecule has 1 spiro atoms. The molecule has 6 rings (SSSR count). The van der Waals surface area contributed by atoms with Gasteiger partial charge in [0.05, 0.1) is 24.7 Å². The maximum atomic E-state index is 9.22. The van der Waals surface area contributed by atoms with Crippen molar-refractivity contribution in [2.45, 2.75) is 63.0 Å². The highest BCUT2D eigenvalue weighted by atomic mass is 32.1. The van der Waals surface area contributed by atoms with Gasteiger partial charge in [-0.2, -0.15) is 5.26 Å². The zero-order valence-electron chi connectivity index (χ0n) is 16.6. The van der Waals surface area contributed by atoms with E-state index in [4.69, 9.17) is 9.47 Å². The first-order chi connectivity index (χ1) is 14.2. The number of hydrogen-bond acceptors (Lipinski definition) is 7. The lowest BCUT2D eigenvalue weighted by molar-refractivity contribution is -0.201. The van der Waals surface area contributed by atoms with Crippen LogP contribution in [0, 0.1) is 16.7 Å². The topological polar surface area (TPSA) is 71.3 Å². The van der Waals surface area contributed by atoms with E-state index in [9.17, 15) is 5.26 Å². The van der Waals surface area contributed by atoms with Gasteiger partial charge >= 0.3 is 0 Å². The molecule has 0 unspecified atom stereocenters. The second-order valence-electron chi connectivity index (χ2n) is 9.34. The summed E-state index contributed by atoms with van der Waals surface area (Å²) in [6, 6.07) is 3.06. The Morgan fingerprint density at radius 2 is 2.03 bits per heavy atom. The summed E-state index contributed by atoms with van der Waals surface area (Å²) in [5.74, 6) is 1.05. The molecule has 0 aromatic carbocycles. The average Bonchev–Trinajstić information content (AvgIpc) is 3.21. The van der Waals surface area contributed by atoms with Crippen LogP contribution in [0.3, 0.4) is 0 Å². The van der Waals surface area contributed by atoms with Crippen molar-refractivity contribution in [3.05, 3.63) is 16.8 Å². The van der Waals surface area contributed by atoms with Crippen LogP contribution in [-0.2, 0) is 11.2 Å². The molecular weight excluding hydrogens is 384 g/mol. The van der Waals surface area contributed by atoms with E-state index in [1.54, 1.807) is 17.7 Å². The molecule has 2 aromatic heterocycles. The summed E-state index contributed by atoms with van der Waals surface area (Å²) < 4.78 is 11.9. The van der Waals surface area contributed by atoms with Crippen molar-refractivity contribution in [2.75, 3.05) is 26.3 Å². The van der Waals surface area contributed by atoms with E-state index >= 15 is 0 Å². The van der Waals surface area contributed by atoms with Crippen LogP contribution < -0.4 is 4.74 Å². The minimum Gasteiger partial charge on any atom is -0.474 e. The number of aromatic nitrogens is 2. The van der Waals surface area contributed by atoms with Gasteiger partial charge in [-0.15, -0.1) is 11.3 Å². The molecule has 0 amide bonds. The van der Waals surface area contributed by atoms with Crippen molar-refractivity contribution in [3.8, 4) is 11.9 Å². The highest BCUT2D eigenvalue weighted by Crippen LogP contribution is 2.47. The summed E-state index contributed by atoms with van der Waals surface area (Å²) in [5, 5.41) is 10.3. The second-order valence-corrected chi connectivity index (χ2v) is 10.4. The van der Waals surface area contributed by atoms with Gasteiger partial charge in [0, 0.05) is 35.8 Å². The van der Waals surface area contributed by atoms with Crippen LogP contribution in [0.5, 0.6) is 5.88 Å². The Morgan fingerprint density at radius 1 is 1.21 bits per heavy atom. The Hall–Kier alpha value is -1.75. The largest absolute Gasteiger partial charge is 0.474 e. The fraction of sp³-hybridized carbons (Fsp3) is 0.682. The van der Waals surface area contributed by atoms with Gasteiger partial charge in [-0.05, 0) is 50.0 Å². The van der Waals surface area contributed by atoms with Crippen molar-refractivity contribution in [1.29, 1.82) is 5.26 Å². The van der Waals surface area contributed by atoms with Crippen molar-refractivity contribution >= 4 is 21.6 Å². The molecule has 2 aliphatic heterocycles. The van der Waals surface area contributed by atoms with Crippen LogP contribution in [0.25, 0.3) is 10.2 Å². The van der Waals surface area contributed by atoms with Gasteiger partial charge in [-0.25, -0.2) is 9.97 Å². The zero-order chi connectivity index (χ0) is 19.4. The lowest BCUT2D eigenvalue weighted by atomic mass is 9.75. The smallest absolute Gasteiger partial charge is 0.225 e. The predicted octanol–water partition coefficient (Wildman–Crippen LogP) is 3.66. The first-order valence-corrected chi connectivity index (χ1v) is 11.7. The fourth-order valence-electron chi connectivity index (χ4n) is 5.78. The minimum absolute atomic E-state index is 0.234. The van der Waals surface area contributed by atoms with Crippen LogP contribution in [0.1, 0.15) is 54.9 Å². The second kappa shape index (κ2) is 6.90. The lowest BCUT2D eigenvalue weighted by Crippen LogP contribution is -2.68. The molecule has 4 aliphatic rings. The molecule has 2 aliphatic carbocycles. The quantitative estimate of drug-likeness (QED) is 0.766. The van der Waals surface area contributed by atoms with Gasteiger partial charge in [0.2, 0.25) is 5.88 Å². The summed E-state index contributed by atoms with van der Waals surface area (Å²) in [6.45, 7) is 4.36. The van der Waals surface area contributed by atoms with Gasteiger partial charge in [0.15, 0.2) is 0 Å². The van der Waals surface area contributed by atoms with Crippen LogP contribution in [-0.4, -0.2) is 53.3 Å². The highest BCUT2D eigenvalue weighted by Gasteiger charge is 2.51. The van der Waals surface area contributed by atoms with Crippen molar-refractivity contribution in [3.63, 3.8) is 0 Å². The molecule has 6 nitrogen and oxygen atoms in total. The number of ether oxygens (including phenoxy) is 2. The van der Waals surface area contributed by atoms with E-state index in [0.717, 1.165) is 55.0 Å². The summed E-state index contributed by atoms with van der Waals surface area (Å²) >= 11 is 1.76. The lowest BCUT2D eigenvalue weighted by Gasteiger charge is -2.58. The monoisotopic (exact) mass is 410 g/mol. The van der Waals surface area contributed by atoms with E-state index in [2.05, 4.69) is 20.9 Å². The fourth-order valence-corrected chi connectivity index (χ4v) is 7.01. The molecule has 0 radical (unpaired) electrons. The SMILES string of the molecule is N#CC[C@H]1CCc2sc3ncnc(O[C@H]4CC[C@H](N5CC6(COC6)C5)CC4)c3c21. The number of aryl methyl sites for hydroxylation is 1. The summed E-state index contributed by atoms with van der Waals surface area (Å²) in [5.41, 5.74) is 1.79. The third-order valence-electron chi connectivity index (χ3n) is 7.37. The molecule has 0 bridgehead atoms. The standard InChI is InChI=1S/C22H26N4O2S/c23-8-7-14-1-6-17-18(14)19-20(24-13-25-21(19)29-17)28-16-4-2-15(3-5-16)26-9-22(10-26)11-27-12-22/h13-16H,1-7,9-12H2/t14-,15-,16-/m1/s1. The molecule has 1 saturated carbocycles. The van der Waals surface area contributed by atoms with Crippen LogP contribution in [0.2, 0.25) is 0 Å². The number of rotatable bonds is 4. The van der Waals surface area contributed by atoms with Crippen LogP contribution >= 0.6 is 11.3 Å². The molecule has 0 N–H and O–H groups in total. The molecular formula is C22H26N4O2S. The van der Waals surface area contributed by atoms with Gasteiger partial charge < -0.3 is 9.47 Å². The first kappa shape index (κ1) is 18.1. The van der Waals surface area contributed by atoms with E-state index in [1.165, 1.54) is 36.4 Å². The number of hydrogen-bond donors (Lipinski definition) is 0. The molecule has 152 valence electrons. The number of nitrogens with zero attached hydrogens (tertiary/aromatic N) is 4. The summed E-state index contributed by atoms with van der Waals surface area (Å²) in [7, 11) is 0. The Kier molecular flexibility index (Phi) is 4.30. The maximum absolute atomic E-state index is 9.22. The first-order valence-electron chi connectivity index (χ1n) is 10.9. The number of likely N-dealkylation sites (tertiary alicyclic amines) is 1. The van der Waals surface area contributed by atoms with E-state index in [0.29, 0.717) is 23.8 Å². The van der Waals surface area contributed by atoms with Crippen molar-refractivity contribution < 1.29 is 9.47 Å². The molecule has 2 saturated heterocycles. The number of nitriles is 1. The number of thiophene rings is 1.